The van der Waals surface area contributed by atoms with E-state index in [0.717, 1.165) is 18.5 Å². The van der Waals surface area contributed by atoms with Gasteiger partial charge in [-0.3, -0.25) is 0 Å². The summed E-state index contributed by atoms with van der Waals surface area (Å²) in [5, 5.41) is 3.06. The molecular formula is C17H20FIN4O. The number of rotatable bonds is 5. The van der Waals surface area contributed by atoms with Crippen LogP contribution in [0.1, 0.15) is 17.5 Å². The number of hydrogen-bond acceptors (Lipinski definition) is 3. The molecule has 0 atom stereocenters. The monoisotopic (exact) mass is 442 g/mol. The van der Waals surface area contributed by atoms with E-state index in [1.807, 2.05) is 6.07 Å². The van der Waals surface area contributed by atoms with Crippen LogP contribution >= 0.6 is 24.0 Å². The van der Waals surface area contributed by atoms with Gasteiger partial charge in [-0.15, -0.1) is 24.0 Å². The average Bonchev–Trinajstić information content (AvgIpc) is 3.01. The fourth-order valence-electron chi connectivity index (χ4n) is 2.62. The summed E-state index contributed by atoms with van der Waals surface area (Å²) in [6, 6.07) is 9.07. The fraction of sp³-hybridized carbons (Fsp3) is 0.294. The second kappa shape index (κ2) is 8.81. The van der Waals surface area contributed by atoms with Gasteiger partial charge in [-0.05, 0) is 54.7 Å². The molecule has 0 fully saturated rings. The lowest BCUT2D eigenvalue weighted by atomic mass is 10.1. The maximum Gasteiger partial charge on any atom is 0.250 e. The van der Waals surface area contributed by atoms with Gasteiger partial charge < -0.3 is 15.8 Å². The van der Waals surface area contributed by atoms with Crippen molar-refractivity contribution in [2.75, 3.05) is 18.5 Å². The molecule has 3 rings (SSSR count). The zero-order chi connectivity index (χ0) is 16.1. The minimum absolute atomic E-state index is 0. The van der Waals surface area contributed by atoms with Crippen LogP contribution in [-0.2, 0) is 12.8 Å². The van der Waals surface area contributed by atoms with E-state index in [2.05, 4.69) is 27.4 Å². The van der Waals surface area contributed by atoms with Crippen LogP contribution in [0.5, 0.6) is 5.88 Å². The normalized spacial score (nSPS) is 13.1. The molecule has 0 radical (unpaired) electrons. The summed E-state index contributed by atoms with van der Waals surface area (Å²) < 4.78 is 18.5. The molecule has 0 spiro atoms. The van der Waals surface area contributed by atoms with Gasteiger partial charge in [0.15, 0.2) is 11.8 Å². The number of nitrogens with two attached hydrogens (primary N) is 1. The molecule has 1 aliphatic rings. The second-order valence-corrected chi connectivity index (χ2v) is 5.37. The van der Waals surface area contributed by atoms with Gasteiger partial charge in [-0.1, -0.05) is 6.07 Å². The summed E-state index contributed by atoms with van der Waals surface area (Å²) in [6.07, 6.45) is 4.96. The van der Waals surface area contributed by atoms with Crippen molar-refractivity contribution in [3.63, 3.8) is 0 Å². The number of aromatic nitrogens is 1. The Morgan fingerprint density at radius 3 is 2.96 bits per heavy atom. The first-order valence-corrected chi connectivity index (χ1v) is 7.64. The number of ether oxygens (including phenoxy) is 1. The molecule has 3 N–H and O–H groups in total. The maximum atomic E-state index is 13.3. The number of guanidine groups is 1. The number of nitrogens with zero attached hydrogens (tertiary/aromatic N) is 2. The van der Waals surface area contributed by atoms with Crippen LogP contribution in [0.15, 0.2) is 41.5 Å². The molecule has 0 saturated carbocycles. The first-order chi connectivity index (χ1) is 11.2. The predicted octanol–water partition coefficient (Wildman–Crippen LogP) is 3.13. The minimum Gasteiger partial charge on any atom is -0.474 e. The van der Waals surface area contributed by atoms with E-state index >= 15 is 0 Å². The molecule has 2 aromatic rings. The van der Waals surface area contributed by atoms with Crippen LogP contribution in [0.2, 0.25) is 0 Å². The van der Waals surface area contributed by atoms with Gasteiger partial charge in [0.25, 0.3) is 0 Å². The smallest absolute Gasteiger partial charge is 0.250 e. The lowest BCUT2D eigenvalue weighted by Crippen LogP contribution is -2.23. The Hall–Kier alpha value is -1.90. The third-order valence-corrected chi connectivity index (χ3v) is 3.71. The molecule has 0 amide bonds. The van der Waals surface area contributed by atoms with Crippen molar-refractivity contribution in [2.45, 2.75) is 19.3 Å². The highest BCUT2D eigenvalue weighted by Gasteiger charge is 2.10. The van der Waals surface area contributed by atoms with Crippen LogP contribution in [0.3, 0.4) is 0 Å². The maximum absolute atomic E-state index is 13.3. The van der Waals surface area contributed by atoms with E-state index in [9.17, 15) is 4.39 Å². The van der Waals surface area contributed by atoms with Crippen molar-refractivity contribution in [3.05, 3.63) is 53.5 Å². The number of aryl methyl sites for hydroxylation is 2. The minimum atomic E-state index is -0.485. The number of aliphatic imine (C=N–C) groups is 1. The molecule has 7 heteroatoms. The zero-order valence-electron chi connectivity index (χ0n) is 13.2. The van der Waals surface area contributed by atoms with Gasteiger partial charge in [0.2, 0.25) is 5.88 Å². The van der Waals surface area contributed by atoms with Gasteiger partial charge in [-0.25, -0.2) is 14.4 Å². The molecule has 0 bridgehead atoms. The van der Waals surface area contributed by atoms with Crippen molar-refractivity contribution < 1.29 is 9.13 Å². The number of benzene rings is 1. The highest BCUT2D eigenvalue weighted by Crippen LogP contribution is 2.24. The van der Waals surface area contributed by atoms with Gasteiger partial charge in [-0.2, -0.15) is 0 Å². The van der Waals surface area contributed by atoms with Crippen LogP contribution in [0.25, 0.3) is 0 Å². The Morgan fingerprint density at radius 1 is 1.29 bits per heavy atom. The second-order valence-electron chi connectivity index (χ2n) is 5.37. The molecule has 0 aliphatic heterocycles. The number of nitrogens with one attached hydrogen (secondary N) is 1. The van der Waals surface area contributed by atoms with Crippen molar-refractivity contribution in [2.24, 2.45) is 10.7 Å². The summed E-state index contributed by atoms with van der Waals surface area (Å²) in [7, 11) is 0. The lowest BCUT2D eigenvalue weighted by molar-refractivity contribution is 0.298. The van der Waals surface area contributed by atoms with E-state index in [4.69, 9.17) is 10.5 Å². The molecule has 1 heterocycles. The molecule has 0 unspecified atom stereocenters. The highest BCUT2D eigenvalue weighted by molar-refractivity contribution is 14.0. The van der Waals surface area contributed by atoms with Gasteiger partial charge in [0.05, 0.1) is 6.54 Å². The Morgan fingerprint density at radius 2 is 2.12 bits per heavy atom. The summed E-state index contributed by atoms with van der Waals surface area (Å²) in [5.41, 5.74) is 9.57. The molecule has 128 valence electrons. The first-order valence-electron chi connectivity index (χ1n) is 7.64. The van der Waals surface area contributed by atoms with Crippen LogP contribution < -0.4 is 15.8 Å². The fourth-order valence-corrected chi connectivity index (χ4v) is 2.62. The van der Waals surface area contributed by atoms with E-state index in [1.165, 1.54) is 35.9 Å². The summed E-state index contributed by atoms with van der Waals surface area (Å²) in [6.45, 7) is 0.528. The third kappa shape index (κ3) is 4.80. The molecule has 5 nitrogen and oxygen atoms in total. The van der Waals surface area contributed by atoms with E-state index < -0.39 is 5.82 Å². The average molecular weight is 442 g/mol. The number of fused-ring (bicyclic) bond motifs is 1. The number of anilines is 1. The third-order valence-electron chi connectivity index (χ3n) is 3.71. The van der Waals surface area contributed by atoms with Crippen molar-refractivity contribution in [1.29, 1.82) is 0 Å². The van der Waals surface area contributed by atoms with E-state index in [-0.39, 0.29) is 36.5 Å². The topological polar surface area (TPSA) is 72.5 Å². The number of hydrogen-bond donors (Lipinski definition) is 2. The number of halogens is 2. The Bertz CT molecular complexity index is 723. The van der Waals surface area contributed by atoms with Crippen molar-refractivity contribution >= 4 is 35.6 Å². The molecule has 0 saturated heterocycles. The molecule has 1 aromatic carbocycles. The molecular weight excluding hydrogens is 422 g/mol. The first kappa shape index (κ1) is 18.4. The van der Waals surface area contributed by atoms with Crippen molar-refractivity contribution in [1.82, 2.24) is 4.98 Å². The van der Waals surface area contributed by atoms with Gasteiger partial charge in [0, 0.05) is 11.9 Å². The van der Waals surface area contributed by atoms with E-state index in [0.29, 0.717) is 12.5 Å². The Kier molecular flexibility index (Phi) is 6.77. The Labute approximate surface area is 157 Å². The summed E-state index contributed by atoms with van der Waals surface area (Å²) in [5.74, 6) is -0.193. The summed E-state index contributed by atoms with van der Waals surface area (Å²) >= 11 is 0. The number of pyridine rings is 1. The van der Waals surface area contributed by atoms with Crippen LogP contribution in [-0.4, -0.2) is 24.1 Å². The molecule has 1 aliphatic carbocycles. The zero-order valence-corrected chi connectivity index (χ0v) is 15.5. The van der Waals surface area contributed by atoms with E-state index in [1.54, 1.807) is 0 Å². The predicted molar refractivity (Wildman–Crippen MR) is 104 cm³/mol. The van der Waals surface area contributed by atoms with Crippen LogP contribution in [0, 0.1) is 5.82 Å². The standard InChI is InChI=1S/C17H19FN4O.HI/c18-15-5-2-8-20-16(15)23-10-9-21-17(19)22-14-7-6-12-3-1-4-13(12)11-14;/h2,5-8,11H,1,3-4,9-10H2,(H3,19,21,22);1H. The van der Waals surface area contributed by atoms with Gasteiger partial charge in [0.1, 0.15) is 6.61 Å². The Balaban J connectivity index is 0.00000208. The van der Waals surface area contributed by atoms with Crippen molar-refractivity contribution in [3.8, 4) is 5.88 Å². The lowest BCUT2D eigenvalue weighted by Gasteiger charge is -2.08. The quantitative estimate of drug-likeness (QED) is 0.323. The molecule has 24 heavy (non-hydrogen) atoms. The highest BCUT2D eigenvalue weighted by atomic mass is 127. The summed E-state index contributed by atoms with van der Waals surface area (Å²) in [4.78, 5) is 7.97. The van der Waals surface area contributed by atoms with Gasteiger partial charge >= 0.3 is 0 Å². The van der Waals surface area contributed by atoms with Crippen LogP contribution in [0.4, 0.5) is 10.1 Å². The largest absolute Gasteiger partial charge is 0.474 e. The SMILES string of the molecule is I.NC(=NCCOc1ncccc1F)Nc1ccc2c(c1)CCC2. The molecule has 1 aromatic heterocycles.